The number of hydrogen-bond acceptors (Lipinski definition) is 4. The van der Waals surface area contributed by atoms with Crippen molar-refractivity contribution in [3.05, 3.63) is 65.2 Å². The fourth-order valence-corrected chi connectivity index (χ4v) is 3.59. The average molecular weight is 399 g/mol. The Balaban J connectivity index is 1.55. The van der Waals surface area contributed by atoms with Crippen molar-refractivity contribution >= 4 is 52.6 Å². The Labute approximate surface area is 167 Å². The van der Waals surface area contributed by atoms with Crippen molar-refractivity contribution in [3.63, 3.8) is 0 Å². The molecule has 0 aliphatic heterocycles. The van der Waals surface area contributed by atoms with Crippen LogP contribution in [0.5, 0.6) is 0 Å². The van der Waals surface area contributed by atoms with Gasteiger partial charge in [-0.05, 0) is 30.7 Å². The summed E-state index contributed by atoms with van der Waals surface area (Å²) < 4.78 is 2.09. The Morgan fingerprint density at radius 1 is 1.22 bits per heavy atom. The number of fused-ring (bicyclic) bond motifs is 1. The molecule has 1 N–H and O–H groups in total. The van der Waals surface area contributed by atoms with Gasteiger partial charge in [0, 0.05) is 6.54 Å². The molecule has 1 heterocycles. The van der Waals surface area contributed by atoms with E-state index in [0.717, 1.165) is 28.3 Å². The number of thioether (sulfide) groups is 1. The van der Waals surface area contributed by atoms with Gasteiger partial charge in [0.05, 0.1) is 28.0 Å². The molecule has 0 radical (unpaired) electrons. The first-order valence-electron chi connectivity index (χ1n) is 8.49. The molecule has 27 heavy (non-hydrogen) atoms. The van der Waals surface area contributed by atoms with E-state index in [1.165, 1.54) is 18.0 Å². The number of para-hydroxylation sites is 2. The number of imidazole rings is 1. The largest absolute Gasteiger partial charge is 0.319 e. The number of carbonyl (C=O) groups excluding carboxylic acids is 1. The van der Waals surface area contributed by atoms with Gasteiger partial charge in [-0.1, -0.05) is 65.8 Å². The predicted octanol–water partition coefficient (Wildman–Crippen LogP) is 4.53. The molecule has 0 saturated heterocycles. The van der Waals surface area contributed by atoms with Crippen LogP contribution in [0.3, 0.4) is 0 Å². The average Bonchev–Trinajstić information content (AvgIpc) is 3.04. The lowest BCUT2D eigenvalue weighted by molar-refractivity contribution is -0.118. The van der Waals surface area contributed by atoms with E-state index in [4.69, 9.17) is 11.6 Å². The molecule has 5 nitrogen and oxygen atoms in total. The lowest BCUT2D eigenvalue weighted by Crippen LogP contribution is -2.19. The Bertz CT molecular complexity index is 982. The fourth-order valence-electron chi connectivity index (χ4n) is 2.54. The summed E-state index contributed by atoms with van der Waals surface area (Å²) in [7, 11) is 0. The van der Waals surface area contributed by atoms with Gasteiger partial charge in [0.25, 0.3) is 5.91 Å². The highest BCUT2D eigenvalue weighted by molar-refractivity contribution is 7.99. The Morgan fingerprint density at radius 2 is 1.96 bits per heavy atom. The monoisotopic (exact) mass is 398 g/mol. The number of nitrogens with zero attached hydrogens (tertiary/aromatic N) is 3. The summed E-state index contributed by atoms with van der Waals surface area (Å²) in [6.07, 6.45) is 3.19. The van der Waals surface area contributed by atoms with Crippen molar-refractivity contribution < 1.29 is 4.79 Å². The zero-order valence-corrected chi connectivity index (χ0v) is 16.4. The van der Waals surface area contributed by atoms with E-state index in [9.17, 15) is 4.79 Å². The zero-order chi connectivity index (χ0) is 19.1. The quantitative estimate of drug-likeness (QED) is 0.361. The normalized spacial score (nSPS) is 12.0. The molecule has 0 aliphatic rings. The van der Waals surface area contributed by atoms with Gasteiger partial charge in [0.2, 0.25) is 0 Å². The maximum Gasteiger partial charge on any atom is 0.250 e. The lowest BCUT2D eigenvalue weighted by Gasteiger charge is -2.04. The van der Waals surface area contributed by atoms with Crippen LogP contribution in [0, 0.1) is 0 Å². The van der Waals surface area contributed by atoms with Crippen LogP contribution in [-0.2, 0) is 11.3 Å². The highest BCUT2D eigenvalue weighted by atomic mass is 35.5. The summed E-state index contributed by atoms with van der Waals surface area (Å²) in [5.41, 5.74) is 5.45. The minimum atomic E-state index is -0.213. The lowest BCUT2D eigenvalue weighted by atomic mass is 10.2. The van der Waals surface area contributed by atoms with E-state index in [1.54, 1.807) is 6.08 Å². The molecule has 0 aliphatic carbocycles. The van der Waals surface area contributed by atoms with E-state index in [2.05, 4.69) is 27.0 Å². The van der Waals surface area contributed by atoms with Crippen LogP contribution in [0.25, 0.3) is 17.1 Å². The molecule has 3 rings (SSSR count). The third-order valence-corrected chi connectivity index (χ3v) is 4.93. The van der Waals surface area contributed by atoms with E-state index in [-0.39, 0.29) is 11.7 Å². The number of hydrazone groups is 1. The fraction of sp³-hybridized carbons (Fsp3) is 0.150. The molecule has 0 spiro atoms. The van der Waals surface area contributed by atoms with Gasteiger partial charge < -0.3 is 4.57 Å². The van der Waals surface area contributed by atoms with E-state index in [0.29, 0.717) is 5.03 Å². The number of halogens is 1. The number of hydrogen-bond donors (Lipinski definition) is 1. The van der Waals surface area contributed by atoms with Gasteiger partial charge >= 0.3 is 0 Å². The third kappa shape index (κ3) is 5.21. The van der Waals surface area contributed by atoms with Crippen LogP contribution in [0.1, 0.15) is 12.5 Å². The van der Waals surface area contributed by atoms with Gasteiger partial charge in [-0.15, -0.1) is 0 Å². The van der Waals surface area contributed by atoms with Crippen LogP contribution in [0.4, 0.5) is 0 Å². The molecule has 0 unspecified atom stereocenters. The molecule has 1 aromatic heterocycles. The van der Waals surface area contributed by atoms with E-state index in [1.807, 2.05) is 54.6 Å². The number of carbonyl (C=O) groups is 1. The first kappa shape index (κ1) is 19.2. The number of rotatable bonds is 7. The van der Waals surface area contributed by atoms with Crippen LogP contribution in [0.15, 0.2) is 69.9 Å². The Hall–Kier alpha value is -2.57. The minimum Gasteiger partial charge on any atom is -0.319 e. The molecular weight excluding hydrogens is 380 g/mol. The second-order valence-electron chi connectivity index (χ2n) is 5.65. The highest BCUT2D eigenvalue weighted by Gasteiger charge is 2.11. The summed E-state index contributed by atoms with van der Waals surface area (Å²) in [5, 5.41) is 5.15. The molecule has 0 saturated carbocycles. The first-order chi connectivity index (χ1) is 13.2. The smallest absolute Gasteiger partial charge is 0.250 e. The third-order valence-electron chi connectivity index (χ3n) is 3.75. The van der Waals surface area contributed by atoms with Crippen molar-refractivity contribution in [2.75, 3.05) is 5.75 Å². The summed E-state index contributed by atoms with van der Waals surface area (Å²) in [6, 6.07) is 17.6. The van der Waals surface area contributed by atoms with Crippen molar-refractivity contribution in [3.8, 4) is 0 Å². The SMILES string of the molecule is CCn1c(SCC(=O)N/N=C\C(Cl)=C\c2ccccc2)nc2ccccc21. The van der Waals surface area contributed by atoms with Crippen LogP contribution < -0.4 is 5.43 Å². The zero-order valence-electron chi connectivity index (χ0n) is 14.8. The molecule has 0 bridgehead atoms. The van der Waals surface area contributed by atoms with Crippen LogP contribution >= 0.6 is 23.4 Å². The Morgan fingerprint density at radius 3 is 2.74 bits per heavy atom. The molecule has 138 valence electrons. The number of benzene rings is 2. The van der Waals surface area contributed by atoms with E-state index < -0.39 is 0 Å². The summed E-state index contributed by atoms with van der Waals surface area (Å²) in [4.78, 5) is 16.6. The maximum atomic E-state index is 12.0. The number of aryl methyl sites for hydroxylation is 1. The van der Waals surface area contributed by atoms with Crippen molar-refractivity contribution in [1.29, 1.82) is 0 Å². The van der Waals surface area contributed by atoms with Gasteiger partial charge in [-0.25, -0.2) is 10.4 Å². The van der Waals surface area contributed by atoms with E-state index >= 15 is 0 Å². The molecule has 7 heteroatoms. The second-order valence-corrected chi connectivity index (χ2v) is 7.03. The first-order valence-corrected chi connectivity index (χ1v) is 9.86. The number of allylic oxidation sites excluding steroid dienone is 1. The summed E-state index contributed by atoms with van der Waals surface area (Å²) in [6.45, 7) is 2.85. The molecule has 3 aromatic rings. The summed E-state index contributed by atoms with van der Waals surface area (Å²) >= 11 is 7.48. The molecule has 1 amide bonds. The number of aromatic nitrogens is 2. The molecular formula is C20H19ClN4OS. The molecule has 0 fully saturated rings. The molecule has 2 aromatic carbocycles. The van der Waals surface area contributed by atoms with Gasteiger partial charge in [0.15, 0.2) is 5.16 Å². The van der Waals surface area contributed by atoms with Crippen molar-refractivity contribution in [2.45, 2.75) is 18.6 Å². The Kier molecular flexibility index (Phi) is 6.68. The predicted molar refractivity (Wildman–Crippen MR) is 113 cm³/mol. The van der Waals surface area contributed by atoms with Gasteiger partial charge in [-0.2, -0.15) is 5.10 Å². The number of nitrogens with one attached hydrogen (secondary N) is 1. The van der Waals surface area contributed by atoms with Crippen LogP contribution in [0.2, 0.25) is 0 Å². The van der Waals surface area contributed by atoms with Gasteiger partial charge in [0.1, 0.15) is 0 Å². The summed E-state index contributed by atoms with van der Waals surface area (Å²) in [5.74, 6) is 0.0101. The van der Waals surface area contributed by atoms with Crippen molar-refractivity contribution in [2.24, 2.45) is 5.10 Å². The van der Waals surface area contributed by atoms with Crippen molar-refractivity contribution in [1.82, 2.24) is 15.0 Å². The topological polar surface area (TPSA) is 59.3 Å². The maximum absolute atomic E-state index is 12.0. The molecule has 0 atom stereocenters. The standard InChI is InChI=1S/C20H19ClN4OS/c1-2-25-18-11-7-6-10-17(18)23-20(25)27-14-19(26)24-22-13-16(21)12-15-8-4-3-5-9-15/h3-13H,2,14H2,1H3,(H,24,26)/b16-12-,22-13-. The van der Waals surface area contributed by atoms with Gasteiger partial charge in [-0.3, -0.25) is 4.79 Å². The number of amides is 1. The highest BCUT2D eigenvalue weighted by Crippen LogP contribution is 2.23. The minimum absolute atomic E-state index is 0.213. The second kappa shape index (κ2) is 9.39. The van der Waals surface area contributed by atoms with Crippen LogP contribution in [-0.4, -0.2) is 27.4 Å².